The normalized spacial score (nSPS) is 11.1. The molecule has 4 nitrogen and oxygen atoms in total. The van der Waals surface area contributed by atoms with Crippen molar-refractivity contribution >= 4 is 12.4 Å². The number of benzene rings is 1. The fraction of sp³-hybridized carbons (Fsp3) is 0.500. The number of halogens is 2. The first-order chi connectivity index (χ1) is 10.2. The summed E-state index contributed by atoms with van der Waals surface area (Å²) in [5, 5.41) is 0. The van der Waals surface area contributed by atoms with Crippen LogP contribution >= 0.6 is 0 Å². The molecule has 0 aliphatic carbocycles. The third-order valence-corrected chi connectivity index (χ3v) is 2.83. The van der Waals surface area contributed by atoms with Crippen molar-refractivity contribution in [2.45, 2.75) is 39.2 Å². The van der Waals surface area contributed by atoms with E-state index >= 15 is 0 Å². The maximum Gasteiger partial charge on any atom is 0.410 e. The highest BCUT2D eigenvalue weighted by atomic mass is 19.1. The van der Waals surface area contributed by atoms with Gasteiger partial charge in [-0.1, -0.05) is 6.07 Å². The van der Waals surface area contributed by atoms with Crippen LogP contribution in [0.15, 0.2) is 18.2 Å². The van der Waals surface area contributed by atoms with E-state index in [1.165, 1.54) is 17.0 Å². The number of carbonyl (C=O) groups is 2. The van der Waals surface area contributed by atoms with Crippen molar-refractivity contribution < 1.29 is 23.1 Å². The van der Waals surface area contributed by atoms with Crippen LogP contribution in [-0.4, -0.2) is 36.0 Å². The molecule has 0 N–H and O–H groups in total. The summed E-state index contributed by atoms with van der Waals surface area (Å²) in [6, 6.07) is 3.32. The lowest BCUT2D eigenvalue weighted by Crippen LogP contribution is -2.38. The minimum absolute atomic E-state index is 0.172. The van der Waals surface area contributed by atoms with E-state index in [1.807, 2.05) is 0 Å². The topological polar surface area (TPSA) is 46.6 Å². The van der Waals surface area contributed by atoms with Crippen molar-refractivity contribution in [2.24, 2.45) is 0 Å². The maximum atomic E-state index is 13.6. The fourth-order valence-electron chi connectivity index (χ4n) is 1.81. The van der Waals surface area contributed by atoms with Crippen molar-refractivity contribution in [3.05, 3.63) is 35.4 Å². The van der Waals surface area contributed by atoms with Crippen LogP contribution in [0.4, 0.5) is 13.6 Å². The van der Waals surface area contributed by atoms with Gasteiger partial charge < -0.3 is 14.4 Å². The Bertz CT molecular complexity index is 527. The molecule has 0 atom stereocenters. The van der Waals surface area contributed by atoms with Crippen LogP contribution in [-0.2, 0) is 16.0 Å². The van der Waals surface area contributed by atoms with Crippen LogP contribution in [0, 0.1) is 11.6 Å². The number of carbonyl (C=O) groups excluding carboxylic acids is 2. The summed E-state index contributed by atoms with van der Waals surface area (Å²) in [7, 11) is 0. The summed E-state index contributed by atoms with van der Waals surface area (Å²) in [5.41, 5.74) is -0.349. The Labute approximate surface area is 129 Å². The minimum atomic E-state index is -0.655. The molecule has 1 aromatic rings. The minimum Gasteiger partial charge on any atom is -0.444 e. The molecule has 1 amide bonds. The predicted molar refractivity (Wildman–Crippen MR) is 78.6 cm³/mol. The summed E-state index contributed by atoms with van der Waals surface area (Å²) < 4.78 is 31.7. The maximum absolute atomic E-state index is 13.6. The molecule has 0 aromatic heterocycles. The Morgan fingerprint density at radius 2 is 1.95 bits per heavy atom. The molecule has 0 radical (unpaired) electrons. The molecule has 6 heteroatoms. The summed E-state index contributed by atoms with van der Waals surface area (Å²) >= 11 is 0. The average Bonchev–Trinajstić information content (AvgIpc) is 2.38. The van der Waals surface area contributed by atoms with Crippen molar-refractivity contribution in [2.75, 3.05) is 13.1 Å². The molecule has 0 saturated carbocycles. The molecule has 122 valence electrons. The number of nitrogens with zero attached hydrogens (tertiary/aromatic N) is 1. The van der Waals surface area contributed by atoms with Crippen molar-refractivity contribution in [3.8, 4) is 0 Å². The zero-order chi connectivity index (χ0) is 16.8. The molecule has 0 spiro atoms. The van der Waals surface area contributed by atoms with Crippen molar-refractivity contribution in [3.63, 3.8) is 0 Å². The molecule has 1 rings (SSSR count). The smallest absolute Gasteiger partial charge is 0.410 e. The van der Waals surface area contributed by atoms with E-state index in [9.17, 15) is 18.4 Å². The van der Waals surface area contributed by atoms with E-state index in [0.717, 1.165) is 6.07 Å². The molecule has 1 aromatic carbocycles. The van der Waals surface area contributed by atoms with Crippen LogP contribution < -0.4 is 0 Å². The van der Waals surface area contributed by atoms with Crippen LogP contribution in [0.3, 0.4) is 0 Å². The number of rotatable bonds is 6. The molecule has 0 heterocycles. The van der Waals surface area contributed by atoms with E-state index < -0.39 is 23.3 Å². The summed E-state index contributed by atoms with van der Waals surface area (Å²) in [5.74, 6) is -1.30. The Hall–Kier alpha value is -1.98. The van der Waals surface area contributed by atoms with Gasteiger partial charge in [0.1, 0.15) is 23.5 Å². The van der Waals surface area contributed by atoms with Crippen LogP contribution in [0.25, 0.3) is 0 Å². The number of aldehydes is 1. The van der Waals surface area contributed by atoms with Gasteiger partial charge in [-0.2, -0.15) is 0 Å². The standard InChI is InChI=1S/C16H21F2NO3/c1-16(2,3)22-15(21)19(8-4-10-20)9-7-12-5-6-13(17)11-14(12)18/h5-6,10-11H,4,7-9H2,1-3H3. The second-order valence-corrected chi connectivity index (χ2v) is 5.91. The second kappa shape index (κ2) is 7.87. The van der Waals surface area contributed by atoms with Crippen LogP contribution in [0.1, 0.15) is 32.8 Å². The van der Waals surface area contributed by atoms with Gasteiger partial charge in [-0.3, -0.25) is 0 Å². The SMILES string of the molecule is CC(C)(C)OC(=O)N(CCC=O)CCc1ccc(F)cc1F. The second-order valence-electron chi connectivity index (χ2n) is 5.91. The molecule has 0 bridgehead atoms. The van der Waals surface area contributed by atoms with E-state index in [2.05, 4.69) is 0 Å². The zero-order valence-electron chi connectivity index (χ0n) is 13.1. The van der Waals surface area contributed by atoms with Gasteiger partial charge in [0.15, 0.2) is 0 Å². The van der Waals surface area contributed by atoms with Gasteiger partial charge >= 0.3 is 6.09 Å². The molecule has 22 heavy (non-hydrogen) atoms. The highest BCUT2D eigenvalue weighted by Crippen LogP contribution is 2.13. The van der Waals surface area contributed by atoms with Gasteiger partial charge in [-0.15, -0.1) is 0 Å². The van der Waals surface area contributed by atoms with E-state index in [-0.39, 0.29) is 25.9 Å². The Balaban J connectivity index is 2.72. The molecule has 0 aliphatic rings. The fourth-order valence-corrected chi connectivity index (χ4v) is 1.81. The molecule has 0 fully saturated rings. The van der Waals surface area contributed by atoms with Gasteiger partial charge in [0.25, 0.3) is 0 Å². The number of ether oxygens (including phenoxy) is 1. The first-order valence-corrected chi connectivity index (χ1v) is 7.08. The van der Waals surface area contributed by atoms with Gasteiger partial charge in [0, 0.05) is 25.6 Å². The molecule has 0 unspecified atom stereocenters. The largest absolute Gasteiger partial charge is 0.444 e. The van der Waals surface area contributed by atoms with Gasteiger partial charge in [-0.05, 0) is 38.8 Å². The Kier molecular flexibility index (Phi) is 6.46. The number of hydrogen-bond acceptors (Lipinski definition) is 3. The van der Waals surface area contributed by atoms with Crippen molar-refractivity contribution in [1.82, 2.24) is 4.90 Å². The third-order valence-electron chi connectivity index (χ3n) is 2.83. The lowest BCUT2D eigenvalue weighted by atomic mass is 10.1. The first-order valence-electron chi connectivity index (χ1n) is 7.08. The summed E-state index contributed by atoms with van der Waals surface area (Å²) in [6.07, 6.45) is 0.530. The predicted octanol–water partition coefficient (Wildman–Crippen LogP) is 3.33. The lowest BCUT2D eigenvalue weighted by Gasteiger charge is -2.27. The van der Waals surface area contributed by atoms with E-state index in [0.29, 0.717) is 11.8 Å². The van der Waals surface area contributed by atoms with E-state index in [1.54, 1.807) is 20.8 Å². The first kappa shape index (κ1) is 18.1. The third kappa shape index (κ3) is 6.20. The quantitative estimate of drug-likeness (QED) is 0.757. The highest BCUT2D eigenvalue weighted by molar-refractivity contribution is 5.68. The number of hydrogen-bond donors (Lipinski definition) is 0. The van der Waals surface area contributed by atoms with Crippen LogP contribution in [0.5, 0.6) is 0 Å². The summed E-state index contributed by atoms with van der Waals surface area (Å²) in [4.78, 5) is 23.9. The van der Waals surface area contributed by atoms with Crippen LogP contribution in [0.2, 0.25) is 0 Å². The molecular weight excluding hydrogens is 292 g/mol. The van der Waals surface area contributed by atoms with Gasteiger partial charge in [0.2, 0.25) is 0 Å². The summed E-state index contributed by atoms with van der Waals surface area (Å²) in [6.45, 7) is 5.60. The zero-order valence-corrected chi connectivity index (χ0v) is 13.1. The van der Waals surface area contributed by atoms with Gasteiger partial charge in [-0.25, -0.2) is 13.6 Å². The van der Waals surface area contributed by atoms with Crippen molar-refractivity contribution in [1.29, 1.82) is 0 Å². The highest BCUT2D eigenvalue weighted by Gasteiger charge is 2.22. The lowest BCUT2D eigenvalue weighted by molar-refractivity contribution is -0.108. The molecular formula is C16H21F2NO3. The monoisotopic (exact) mass is 313 g/mol. The average molecular weight is 313 g/mol. The van der Waals surface area contributed by atoms with E-state index in [4.69, 9.17) is 4.74 Å². The number of amides is 1. The molecule has 0 saturated heterocycles. The Morgan fingerprint density at radius 3 is 2.50 bits per heavy atom. The molecule has 0 aliphatic heterocycles. The Morgan fingerprint density at radius 1 is 1.27 bits per heavy atom. The van der Waals surface area contributed by atoms with Gasteiger partial charge in [0.05, 0.1) is 0 Å².